The zero-order chi connectivity index (χ0) is 40.4. The van der Waals surface area contributed by atoms with Gasteiger partial charge in [0.05, 0.1) is 33.0 Å². The first-order valence-corrected chi connectivity index (χ1v) is 18.5. The molecule has 0 bridgehead atoms. The van der Waals surface area contributed by atoms with E-state index in [0.29, 0.717) is 35.7 Å². The molecule has 13 heteroatoms. The number of aliphatic hydroxyl groups excluding tert-OH is 1. The second-order valence-corrected chi connectivity index (χ2v) is 14.2. The van der Waals surface area contributed by atoms with Crippen LogP contribution in [0.5, 0.6) is 11.5 Å². The number of fused-ring (bicyclic) bond motifs is 1. The van der Waals surface area contributed by atoms with Gasteiger partial charge in [-0.25, -0.2) is 22.0 Å². The van der Waals surface area contributed by atoms with Gasteiger partial charge in [0.1, 0.15) is 5.56 Å². The van der Waals surface area contributed by atoms with Gasteiger partial charge in [-0.1, -0.05) is 79.7 Å². The van der Waals surface area contributed by atoms with Crippen LogP contribution < -0.4 is 14.8 Å². The molecule has 57 heavy (non-hydrogen) atoms. The van der Waals surface area contributed by atoms with Crippen LogP contribution in [0, 0.1) is 35.0 Å². The molecular weight excluding hydrogens is 747 g/mol. The smallest absolute Gasteiger partial charge is 0.257 e. The minimum Gasteiger partial charge on any atom is -0.493 e. The fourth-order valence-electron chi connectivity index (χ4n) is 7.52. The highest BCUT2D eigenvalue weighted by molar-refractivity contribution is 5.95. The number of amides is 1. The molecule has 0 aliphatic carbocycles. The molecule has 2 aliphatic heterocycles. The lowest BCUT2D eigenvalue weighted by Gasteiger charge is -2.43. The van der Waals surface area contributed by atoms with Gasteiger partial charge < -0.3 is 29.4 Å². The lowest BCUT2D eigenvalue weighted by atomic mass is 9.89. The lowest BCUT2D eigenvalue weighted by Crippen LogP contribution is -2.45. The number of carbonyl (C=O) groups is 1. The average Bonchev–Trinajstić information content (AvgIpc) is 3.24. The summed E-state index contributed by atoms with van der Waals surface area (Å²) in [6, 6.07) is 26.2. The van der Waals surface area contributed by atoms with Crippen molar-refractivity contribution < 1.29 is 50.8 Å². The van der Waals surface area contributed by atoms with E-state index >= 15 is 0 Å². The summed E-state index contributed by atoms with van der Waals surface area (Å²) < 4.78 is 94.2. The van der Waals surface area contributed by atoms with E-state index in [9.17, 15) is 31.9 Å². The predicted octanol–water partition coefficient (Wildman–Crippen LogP) is 8.34. The zero-order valence-corrected chi connectivity index (χ0v) is 31.5. The standard InChI is InChI=1S/C44H41F5N2O6/c1-24-35(22-51-17-16-29-18-33(54-2)34(55-3)19-31(29)21-51)56-44(57-42(24)27-10-8-25(23-52)9-11-27)28-14-12-26(13-15-28)32-7-5-4-6-30(32)20-50-43(53)36-37(45)39(47)41(49)40(48)38(36)46/h4-15,18-19,24,35,42,44,52H,16-17,20-23H2,1-3H3,(H,50,53)/t24-,35+,42+,44+/m1/s1. The molecule has 0 aromatic heterocycles. The number of benzene rings is 5. The summed E-state index contributed by atoms with van der Waals surface area (Å²) in [5, 5.41) is 11.9. The van der Waals surface area contributed by atoms with E-state index in [2.05, 4.69) is 17.1 Å². The van der Waals surface area contributed by atoms with Crippen LogP contribution in [0.25, 0.3) is 11.1 Å². The summed E-state index contributed by atoms with van der Waals surface area (Å²) in [6.07, 6.45) is -0.452. The Morgan fingerprint density at radius 1 is 0.807 bits per heavy atom. The number of rotatable bonds is 11. The van der Waals surface area contributed by atoms with Gasteiger partial charge in [-0.2, -0.15) is 0 Å². The molecule has 5 aromatic carbocycles. The molecule has 298 valence electrons. The molecule has 0 unspecified atom stereocenters. The molecule has 0 radical (unpaired) electrons. The van der Waals surface area contributed by atoms with Crippen LogP contribution in [-0.2, 0) is 35.6 Å². The number of ether oxygens (including phenoxy) is 4. The summed E-state index contributed by atoms with van der Waals surface area (Å²) in [5.74, 6) is -11.2. The Labute approximate surface area is 326 Å². The molecule has 7 rings (SSSR count). The van der Waals surface area contributed by atoms with Crippen LogP contribution in [0.15, 0.2) is 84.9 Å². The minimum atomic E-state index is -2.34. The van der Waals surface area contributed by atoms with Gasteiger partial charge in [-0.05, 0) is 57.5 Å². The molecule has 0 saturated carbocycles. The molecule has 2 aliphatic rings. The Balaban J connectivity index is 1.11. The topological polar surface area (TPSA) is 89.5 Å². The van der Waals surface area contributed by atoms with Crippen molar-refractivity contribution >= 4 is 5.91 Å². The van der Waals surface area contributed by atoms with Gasteiger partial charge >= 0.3 is 0 Å². The van der Waals surface area contributed by atoms with Gasteiger partial charge in [0, 0.05) is 37.7 Å². The van der Waals surface area contributed by atoms with Crippen LogP contribution >= 0.6 is 0 Å². The highest BCUT2D eigenvalue weighted by Crippen LogP contribution is 2.43. The van der Waals surface area contributed by atoms with Gasteiger partial charge in [-0.3, -0.25) is 9.69 Å². The second kappa shape index (κ2) is 17.0. The van der Waals surface area contributed by atoms with E-state index in [-0.39, 0.29) is 31.3 Å². The fourth-order valence-corrected chi connectivity index (χ4v) is 7.52. The molecule has 2 N–H and O–H groups in total. The Bertz CT molecular complexity index is 2230. The summed E-state index contributed by atoms with van der Waals surface area (Å²) in [5.41, 5.74) is 5.26. The van der Waals surface area contributed by atoms with E-state index in [1.54, 1.807) is 38.5 Å². The Morgan fingerprint density at radius 3 is 2.07 bits per heavy atom. The molecule has 2 heterocycles. The number of hydrogen-bond donors (Lipinski definition) is 2. The van der Waals surface area contributed by atoms with Crippen molar-refractivity contribution in [2.45, 2.75) is 51.5 Å². The first-order chi connectivity index (χ1) is 27.5. The van der Waals surface area contributed by atoms with Gasteiger partial charge in [0.15, 0.2) is 41.1 Å². The van der Waals surface area contributed by atoms with Crippen molar-refractivity contribution in [1.29, 1.82) is 0 Å². The average molecular weight is 789 g/mol. The first kappa shape index (κ1) is 39.9. The summed E-state index contributed by atoms with van der Waals surface area (Å²) in [4.78, 5) is 15.1. The number of nitrogens with one attached hydrogen (secondary N) is 1. The van der Waals surface area contributed by atoms with Crippen LogP contribution in [0.3, 0.4) is 0 Å². The highest BCUT2D eigenvalue weighted by atomic mass is 19.2. The molecule has 5 aromatic rings. The van der Waals surface area contributed by atoms with E-state index in [4.69, 9.17) is 18.9 Å². The van der Waals surface area contributed by atoms with Crippen LogP contribution in [0.1, 0.15) is 63.1 Å². The molecule has 1 amide bonds. The molecule has 1 saturated heterocycles. The molecule has 4 atom stereocenters. The van der Waals surface area contributed by atoms with Crippen LogP contribution in [0.2, 0.25) is 0 Å². The largest absolute Gasteiger partial charge is 0.493 e. The van der Waals surface area contributed by atoms with Crippen LogP contribution in [-0.4, -0.2) is 49.3 Å². The third-order valence-electron chi connectivity index (χ3n) is 10.7. The normalized spacial score (nSPS) is 19.5. The third-order valence-corrected chi connectivity index (χ3v) is 10.7. The van der Waals surface area contributed by atoms with Crippen molar-refractivity contribution in [2.75, 3.05) is 27.3 Å². The van der Waals surface area contributed by atoms with Gasteiger partial charge in [-0.15, -0.1) is 0 Å². The van der Waals surface area contributed by atoms with E-state index in [1.807, 2.05) is 60.7 Å². The number of halogens is 5. The second-order valence-electron chi connectivity index (χ2n) is 14.2. The van der Waals surface area contributed by atoms with Crippen LogP contribution in [0.4, 0.5) is 22.0 Å². The molecule has 1 fully saturated rings. The first-order valence-electron chi connectivity index (χ1n) is 18.5. The zero-order valence-electron chi connectivity index (χ0n) is 31.5. The molecule has 8 nitrogen and oxygen atoms in total. The SMILES string of the molecule is COc1cc2c(cc1OC)CN(C[C@@H]1O[C@H](c3ccc(-c4ccccc4CNC(=O)c4c(F)c(F)c(F)c(F)c4F)cc3)O[C@H](c3ccc(CO)cc3)[C@@H]1C)CC2. The van der Waals surface area contributed by atoms with Crippen molar-refractivity contribution in [3.8, 4) is 22.6 Å². The minimum absolute atomic E-state index is 0.0424. The van der Waals surface area contributed by atoms with Crippen molar-refractivity contribution in [2.24, 2.45) is 5.92 Å². The number of hydrogen-bond acceptors (Lipinski definition) is 7. The maximum Gasteiger partial charge on any atom is 0.257 e. The number of methoxy groups -OCH3 is 2. The Morgan fingerprint density at radius 2 is 1.42 bits per heavy atom. The summed E-state index contributed by atoms with van der Waals surface area (Å²) in [7, 11) is 3.25. The third kappa shape index (κ3) is 8.10. The Kier molecular flexibility index (Phi) is 11.9. The van der Waals surface area contributed by atoms with Gasteiger partial charge in [0.25, 0.3) is 5.91 Å². The van der Waals surface area contributed by atoms with E-state index in [0.717, 1.165) is 35.2 Å². The number of aliphatic hydroxyl groups is 1. The quantitative estimate of drug-likeness (QED) is 0.0791. The predicted molar refractivity (Wildman–Crippen MR) is 201 cm³/mol. The highest BCUT2D eigenvalue weighted by Gasteiger charge is 2.39. The maximum atomic E-state index is 14.3. The van der Waals surface area contributed by atoms with E-state index < -0.39 is 46.8 Å². The lowest BCUT2D eigenvalue weighted by molar-refractivity contribution is -0.276. The van der Waals surface area contributed by atoms with Crippen molar-refractivity contribution in [3.05, 3.63) is 153 Å². The number of carbonyl (C=O) groups excluding carboxylic acids is 1. The van der Waals surface area contributed by atoms with Crippen molar-refractivity contribution in [3.63, 3.8) is 0 Å². The monoisotopic (exact) mass is 788 g/mol. The Hall–Kier alpha value is -5.34. The van der Waals surface area contributed by atoms with Gasteiger partial charge in [0.2, 0.25) is 5.82 Å². The van der Waals surface area contributed by atoms with Crippen molar-refractivity contribution in [1.82, 2.24) is 10.2 Å². The summed E-state index contributed by atoms with van der Waals surface area (Å²) >= 11 is 0. The fraction of sp³-hybridized carbons (Fsp3) is 0.295. The molecular formula is C44H41F5N2O6. The summed E-state index contributed by atoms with van der Waals surface area (Å²) in [6.45, 7) is 3.95. The van der Waals surface area contributed by atoms with E-state index in [1.165, 1.54) is 11.1 Å². The molecule has 0 spiro atoms. The maximum absolute atomic E-state index is 14.3. The number of nitrogens with zero attached hydrogens (tertiary/aromatic N) is 1.